The zero-order valence-electron chi connectivity index (χ0n) is 18.7. The first-order valence-corrected chi connectivity index (χ1v) is 12.8. The maximum atomic E-state index is 13.9. The molecule has 0 aliphatic carbocycles. The van der Waals surface area contributed by atoms with Gasteiger partial charge < -0.3 is 15.0 Å². The maximum Gasteiger partial charge on any atom is 0.338 e. The summed E-state index contributed by atoms with van der Waals surface area (Å²) in [7, 11) is 0. The predicted octanol–water partition coefficient (Wildman–Crippen LogP) is 3.75. The number of hydrogen-bond acceptors (Lipinski definition) is 9. The summed E-state index contributed by atoms with van der Waals surface area (Å²) in [5.41, 5.74) is 0.613. The highest BCUT2D eigenvalue weighted by Gasteiger charge is 2.44. The van der Waals surface area contributed by atoms with Crippen LogP contribution in [0.15, 0.2) is 63.5 Å². The number of esters is 1. The van der Waals surface area contributed by atoms with Gasteiger partial charge in [-0.3, -0.25) is 19.7 Å². The molecule has 1 amide bonds. The Bertz CT molecular complexity index is 1500. The summed E-state index contributed by atoms with van der Waals surface area (Å²) in [6.07, 6.45) is 1.95. The molecule has 1 saturated heterocycles. The lowest BCUT2D eigenvalue weighted by Gasteiger charge is -2.33. The van der Waals surface area contributed by atoms with E-state index >= 15 is 0 Å². The molecule has 3 heterocycles. The Morgan fingerprint density at radius 1 is 1.26 bits per heavy atom. The number of thioether (sulfide) groups is 1. The molecule has 0 spiro atoms. The first kappa shape index (κ1) is 23.1. The van der Waals surface area contributed by atoms with Crippen LogP contribution in [0.4, 0.5) is 10.7 Å². The highest BCUT2D eigenvalue weighted by atomic mass is 32.2. The standard InChI is InChI=1S/C24H19N3O6S2/c1-3-33-24(30)20-18(12-4-6-13(7-5-12)27(31)32)19-21(29)15-9-8-14(34-2)10-16(15)35-23(19)26-11-17(28)25-22(20)26/h4-10,18H,3,11H2,1-2H3,(H,25,28). The van der Waals surface area contributed by atoms with Gasteiger partial charge in [0.15, 0.2) is 5.43 Å². The lowest BCUT2D eigenvalue weighted by atomic mass is 9.82. The molecule has 178 valence electrons. The Balaban J connectivity index is 1.84. The Labute approximate surface area is 207 Å². The Hall–Kier alpha value is -3.70. The number of carbonyl (C=O) groups excluding carboxylic acids is 2. The zero-order valence-corrected chi connectivity index (χ0v) is 20.3. The minimum Gasteiger partial charge on any atom is -0.463 e. The van der Waals surface area contributed by atoms with Gasteiger partial charge in [0.1, 0.15) is 17.4 Å². The van der Waals surface area contributed by atoms with Crippen molar-refractivity contribution in [1.82, 2.24) is 5.32 Å². The topological polar surface area (TPSA) is 119 Å². The quantitative estimate of drug-likeness (QED) is 0.239. The molecule has 3 aromatic rings. The highest BCUT2D eigenvalue weighted by Crippen LogP contribution is 2.47. The van der Waals surface area contributed by atoms with Crippen molar-refractivity contribution in [3.8, 4) is 0 Å². The third-order valence-corrected chi connectivity index (χ3v) is 7.87. The van der Waals surface area contributed by atoms with E-state index in [2.05, 4.69) is 5.32 Å². The molecular weight excluding hydrogens is 490 g/mol. The van der Waals surface area contributed by atoms with Crippen LogP contribution in [-0.4, -0.2) is 36.2 Å². The predicted molar refractivity (Wildman–Crippen MR) is 134 cm³/mol. The number of fused-ring (bicyclic) bond motifs is 4. The lowest BCUT2D eigenvalue weighted by molar-refractivity contribution is -0.384. The minimum atomic E-state index is -0.872. The fourth-order valence-electron chi connectivity index (χ4n) is 4.43. The van der Waals surface area contributed by atoms with E-state index < -0.39 is 16.8 Å². The summed E-state index contributed by atoms with van der Waals surface area (Å²) < 4.78 is 6.09. The monoisotopic (exact) mass is 509 g/mol. The van der Waals surface area contributed by atoms with Crippen LogP contribution >= 0.6 is 23.1 Å². The number of nitro groups is 1. The first-order chi connectivity index (χ1) is 16.8. The van der Waals surface area contributed by atoms with Crippen molar-refractivity contribution < 1.29 is 19.2 Å². The lowest BCUT2D eigenvalue weighted by Crippen LogP contribution is -2.35. The van der Waals surface area contributed by atoms with Crippen molar-refractivity contribution in [1.29, 1.82) is 0 Å². The number of hydrogen-bond donors (Lipinski definition) is 1. The Morgan fingerprint density at radius 2 is 2.00 bits per heavy atom. The molecule has 0 saturated carbocycles. The van der Waals surface area contributed by atoms with Crippen LogP contribution in [0.25, 0.3) is 10.1 Å². The van der Waals surface area contributed by atoms with Gasteiger partial charge in [0.2, 0.25) is 5.91 Å². The third kappa shape index (κ3) is 3.76. The van der Waals surface area contributed by atoms with Crippen LogP contribution in [0.1, 0.15) is 24.0 Å². The van der Waals surface area contributed by atoms with Crippen LogP contribution in [0.5, 0.6) is 0 Å². The van der Waals surface area contributed by atoms with Gasteiger partial charge in [-0.1, -0.05) is 12.1 Å². The molecule has 0 bridgehead atoms. The number of nitro benzene ring substituents is 1. The van der Waals surface area contributed by atoms with E-state index in [4.69, 9.17) is 4.74 Å². The molecule has 11 heteroatoms. The van der Waals surface area contributed by atoms with Gasteiger partial charge >= 0.3 is 5.97 Å². The van der Waals surface area contributed by atoms with Gasteiger partial charge in [-0.15, -0.1) is 23.1 Å². The van der Waals surface area contributed by atoms with E-state index in [0.717, 1.165) is 9.60 Å². The van der Waals surface area contributed by atoms with Crippen molar-refractivity contribution >= 4 is 55.7 Å². The number of ether oxygens (including phenoxy) is 1. The fourth-order valence-corrected chi connectivity index (χ4v) is 6.20. The number of carbonyl (C=O) groups is 2. The summed E-state index contributed by atoms with van der Waals surface area (Å²) in [5, 5.41) is 15.0. The Morgan fingerprint density at radius 3 is 2.66 bits per heavy atom. The van der Waals surface area contributed by atoms with Crippen molar-refractivity contribution in [2.24, 2.45) is 0 Å². The molecular formula is C24H19N3O6S2. The number of anilines is 1. The first-order valence-electron chi connectivity index (χ1n) is 10.7. The van der Waals surface area contributed by atoms with Gasteiger partial charge in [-0.25, -0.2) is 4.79 Å². The minimum absolute atomic E-state index is 0.0398. The maximum absolute atomic E-state index is 13.9. The van der Waals surface area contributed by atoms with E-state index in [-0.39, 0.29) is 41.6 Å². The van der Waals surface area contributed by atoms with Gasteiger partial charge in [-0.2, -0.15) is 0 Å². The van der Waals surface area contributed by atoms with Crippen LogP contribution in [-0.2, 0) is 14.3 Å². The fraction of sp³-hybridized carbons (Fsp3) is 0.208. The molecule has 35 heavy (non-hydrogen) atoms. The van der Waals surface area contributed by atoms with Crippen molar-refractivity contribution in [2.45, 2.75) is 17.7 Å². The largest absolute Gasteiger partial charge is 0.463 e. The molecule has 1 N–H and O–H groups in total. The summed E-state index contributed by atoms with van der Waals surface area (Å²) in [5.74, 6) is -1.57. The number of non-ortho nitro benzene ring substituents is 1. The second-order valence-corrected chi connectivity index (χ2v) is 9.82. The third-order valence-electron chi connectivity index (χ3n) is 5.95. The van der Waals surface area contributed by atoms with Crippen molar-refractivity contribution in [3.05, 3.63) is 85.3 Å². The Kier molecular flexibility index (Phi) is 5.81. The van der Waals surface area contributed by atoms with Crippen LogP contribution in [0.3, 0.4) is 0 Å². The summed E-state index contributed by atoms with van der Waals surface area (Å²) in [6, 6.07) is 11.3. The molecule has 1 unspecified atom stereocenters. The van der Waals surface area contributed by atoms with Crippen molar-refractivity contribution in [3.63, 3.8) is 0 Å². The second-order valence-electron chi connectivity index (χ2n) is 7.91. The number of nitrogens with zero attached hydrogens (tertiary/aromatic N) is 2. The molecule has 2 aliphatic heterocycles. The van der Waals surface area contributed by atoms with Crippen LogP contribution < -0.4 is 15.6 Å². The number of amides is 1. The van der Waals surface area contributed by atoms with E-state index in [1.807, 2.05) is 18.4 Å². The molecule has 5 rings (SSSR count). The molecule has 2 aromatic carbocycles. The number of rotatable bonds is 5. The van der Waals surface area contributed by atoms with Gasteiger partial charge in [-0.05, 0) is 36.9 Å². The number of nitrogens with one attached hydrogen (secondary N) is 1. The van der Waals surface area contributed by atoms with E-state index in [0.29, 0.717) is 21.5 Å². The molecule has 1 fully saturated rings. The van der Waals surface area contributed by atoms with Gasteiger partial charge in [0.25, 0.3) is 5.69 Å². The number of benzene rings is 2. The molecule has 1 atom stereocenters. The summed E-state index contributed by atoms with van der Waals surface area (Å²) in [4.78, 5) is 52.9. The zero-order chi connectivity index (χ0) is 24.9. The van der Waals surface area contributed by atoms with Crippen LogP contribution in [0.2, 0.25) is 0 Å². The average molecular weight is 510 g/mol. The summed E-state index contributed by atoms with van der Waals surface area (Å²) in [6.45, 7) is 1.73. The molecule has 9 nitrogen and oxygen atoms in total. The molecule has 2 aliphatic rings. The SMILES string of the molecule is CCOC(=O)C1=C2NC(=O)CN2c2sc3cc(SC)ccc3c(=O)c2C1c1ccc([N+](=O)[O-])cc1. The normalized spacial score (nSPS) is 16.7. The average Bonchev–Trinajstić information content (AvgIpc) is 3.24. The van der Waals surface area contributed by atoms with Gasteiger partial charge in [0.05, 0.1) is 23.0 Å². The van der Waals surface area contributed by atoms with E-state index in [1.54, 1.807) is 29.7 Å². The summed E-state index contributed by atoms with van der Waals surface area (Å²) >= 11 is 2.93. The van der Waals surface area contributed by atoms with Crippen LogP contribution in [0, 0.1) is 10.1 Å². The van der Waals surface area contributed by atoms with E-state index in [9.17, 15) is 24.5 Å². The second kappa shape index (κ2) is 8.82. The van der Waals surface area contributed by atoms with Crippen molar-refractivity contribution in [2.75, 3.05) is 24.3 Å². The van der Waals surface area contributed by atoms with E-state index in [1.165, 1.54) is 35.6 Å². The molecule has 1 aromatic heterocycles. The molecule has 0 radical (unpaired) electrons. The smallest absolute Gasteiger partial charge is 0.338 e. The van der Waals surface area contributed by atoms with Gasteiger partial charge in [0, 0.05) is 32.7 Å². The highest BCUT2D eigenvalue weighted by molar-refractivity contribution is 7.98.